The first kappa shape index (κ1) is 23.9. The third-order valence-electron chi connectivity index (χ3n) is 6.80. The number of H-pyrrole nitrogens is 2. The minimum absolute atomic E-state index is 0.0718. The summed E-state index contributed by atoms with van der Waals surface area (Å²) in [4.78, 5) is 25.8. The first-order valence-electron chi connectivity index (χ1n) is 12.1. The minimum Gasteiger partial charge on any atom is -0.497 e. The number of hydrogen-bond donors (Lipinski definition) is 2. The van der Waals surface area contributed by atoms with Crippen LogP contribution < -0.4 is 19.9 Å². The van der Waals surface area contributed by atoms with E-state index in [0.717, 1.165) is 52.7 Å². The van der Waals surface area contributed by atoms with Gasteiger partial charge >= 0.3 is 0 Å². The Kier molecular flexibility index (Phi) is 6.40. The molecule has 188 valence electrons. The van der Waals surface area contributed by atoms with Gasteiger partial charge in [0.05, 0.1) is 36.9 Å². The van der Waals surface area contributed by atoms with E-state index in [4.69, 9.17) is 14.5 Å². The smallest absolute Gasteiger partial charge is 0.258 e. The van der Waals surface area contributed by atoms with Gasteiger partial charge < -0.3 is 24.3 Å². The number of aryl methyl sites for hydroxylation is 1. The monoisotopic (exact) mass is 488 g/mol. The van der Waals surface area contributed by atoms with Crippen LogP contribution >= 0.6 is 0 Å². The van der Waals surface area contributed by atoms with Crippen molar-refractivity contribution in [2.24, 2.45) is 0 Å². The zero-order valence-electron chi connectivity index (χ0n) is 21.4. The number of aromatic amines is 2. The van der Waals surface area contributed by atoms with Crippen molar-refractivity contribution in [2.45, 2.75) is 19.3 Å². The van der Waals surface area contributed by atoms with Crippen molar-refractivity contribution < 1.29 is 9.47 Å². The van der Waals surface area contributed by atoms with Crippen LogP contribution in [0, 0.1) is 6.92 Å². The Morgan fingerprint density at radius 2 is 2.00 bits per heavy atom. The van der Waals surface area contributed by atoms with Crippen LogP contribution in [0.1, 0.15) is 23.0 Å². The van der Waals surface area contributed by atoms with Gasteiger partial charge in [0.1, 0.15) is 22.8 Å². The van der Waals surface area contributed by atoms with Crippen LogP contribution in [0.3, 0.4) is 0 Å². The molecule has 2 N–H and O–H groups in total. The lowest BCUT2D eigenvalue weighted by Crippen LogP contribution is -2.29. The van der Waals surface area contributed by atoms with E-state index in [-0.39, 0.29) is 11.5 Å². The van der Waals surface area contributed by atoms with Crippen LogP contribution in [0.4, 0.5) is 5.69 Å². The van der Waals surface area contributed by atoms with Gasteiger partial charge in [-0.2, -0.15) is 5.10 Å². The molecule has 4 aromatic rings. The average molecular weight is 489 g/mol. The standard InChI is InChI=1S/C27H32N6O3/c1-16-22(14-28-31-16)17-12-21-25(23(13-17)33(4)9-8-32(2)3)29-26(30-27(21)34)19-10-18-11-20(35-5)6-7-24(18)36-15-19/h6-7,11-14,19H,8-10,15H2,1-5H3,(H,28,31)(H,29,30,34). The van der Waals surface area contributed by atoms with E-state index in [0.29, 0.717) is 29.8 Å². The van der Waals surface area contributed by atoms with E-state index in [1.165, 1.54) is 0 Å². The fourth-order valence-corrected chi connectivity index (χ4v) is 4.67. The predicted octanol–water partition coefficient (Wildman–Crippen LogP) is 3.35. The second-order valence-corrected chi connectivity index (χ2v) is 9.66. The number of ether oxygens (including phenoxy) is 2. The number of fused-ring (bicyclic) bond motifs is 2. The van der Waals surface area contributed by atoms with Gasteiger partial charge in [-0.05, 0) is 68.9 Å². The Morgan fingerprint density at radius 3 is 2.72 bits per heavy atom. The molecule has 0 spiro atoms. The second kappa shape index (κ2) is 9.66. The Balaban J connectivity index is 1.60. The van der Waals surface area contributed by atoms with E-state index in [2.05, 4.69) is 31.0 Å². The van der Waals surface area contributed by atoms with Gasteiger partial charge in [-0.3, -0.25) is 9.89 Å². The van der Waals surface area contributed by atoms with Crippen LogP contribution in [0.15, 0.2) is 41.3 Å². The summed E-state index contributed by atoms with van der Waals surface area (Å²) in [5.41, 5.74) is 5.34. The molecule has 1 aliphatic rings. The number of benzene rings is 2. The van der Waals surface area contributed by atoms with Crippen molar-refractivity contribution in [2.75, 3.05) is 52.8 Å². The summed E-state index contributed by atoms with van der Waals surface area (Å²) >= 11 is 0. The topological polar surface area (TPSA) is 99.4 Å². The molecule has 0 amide bonds. The minimum atomic E-state index is -0.156. The number of aromatic nitrogens is 4. The Labute approximate surface area is 210 Å². The zero-order valence-corrected chi connectivity index (χ0v) is 21.4. The number of methoxy groups -OCH3 is 1. The maximum atomic E-state index is 13.4. The predicted molar refractivity (Wildman–Crippen MR) is 141 cm³/mol. The summed E-state index contributed by atoms with van der Waals surface area (Å²) in [6.07, 6.45) is 2.50. The molecule has 2 aromatic heterocycles. The molecule has 2 aromatic carbocycles. The third kappa shape index (κ3) is 4.54. The first-order chi connectivity index (χ1) is 17.3. The van der Waals surface area contributed by atoms with Crippen LogP contribution in [0.25, 0.3) is 22.0 Å². The highest BCUT2D eigenvalue weighted by molar-refractivity contribution is 5.95. The number of hydrogen-bond acceptors (Lipinski definition) is 7. The molecule has 0 radical (unpaired) electrons. The van der Waals surface area contributed by atoms with E-state index in [9.17, 15) is 4.79 Å². The van der Waals surface area contributed by atoms with Crippen molar-refractivity contribution >= 4 is 16.6 Å². The van der Waals surface area contributed by atoms with Crippen molar-refractivity contribution in [3.8, 4) is 22.6 Å². The summed E-state index contributed by atoms with van der Waals surface area (Å²) in [6.45, 7) is 4.09. The first-order valence-corrected chi connectivity index (χ1v) is 12.1. The zero-order chi connectivity index (χ0) is 25.4. The number of likely N-dealkylation sites (N-methyl/N-ethyl adjacent to an activating group) is 2. The maximum absolute atomic E-state index is 13.4. The molecular weight excluding hydrogens is 456 g/mol. The molecule has 9 nitrogen and oxygen atoms in total. The molecule has 1 unspecified atom stereocenters. The van der Waals surface area contributed by atoms with Gasteiger partial charge in [-0.25, -0.2) is 4.98 Å². The highest BCUT2D eigenvalue weighted by Crippen LogP contribution is 2.35. The van der Waals surface area contributed by atoms with E-state index in [1.807, 2.05) is 52.3 Å². The quantitative estimate of drug-likeness (QED) is 0.412. The van der Waals surface area contributed by atoms with Crippen LogP contribution in [-0.2, 0) is 6.42 Å². The fourth-order valence-electron chi connectivity index (χ4n) is 4.67. The maximum Gasteiger partial charge on any atom is 0.258 e. The number of rotatable bonds is 7. The van der Waals surface area contributed by atoms with Crippen molar-refractivity contribution in [1.29, 1.82) is 0 Å². The molecule has 3 heterocycles. The molecule has 0 saturated carbocycles. The van der Waals surface area contributed by atoms with Gasteiger partial charge in [0.25, 0.3) is 5.56 Å². The lowest BCUT2D eigenvalue weighted by molar-refractivity contribution is 0.257. The molecule has 0 fully saturated rings. The second-order valence-electron chi connectivity index (χ2n) is 9.66. The van der Waals surface area contributed by atoms with E-state index < -0.39 is 0 Å². The number of nitrogens with one attached hydrogen (secondary N) is 2. The summed E-state index contributed by atoms with van der Waals surface area (Å²) in [7, 11) is 7.79. The van der Waals surface area contributed by atoms with Gasteiger partial charge in [0, 0.05) is 31.4 Å². The molecule has 9 heteroatoms. The number of nitrogens with zero attached hydrogens (tertiary/aromatic N) is 4. The normalized spacial score (nSPS) is 15.1. The summed E-state index contributed by atoms with van der Waals surface area (Å²) < 4.78 is 11.4. The van der Waals surface area contributed by atoms with Crippen molar-refractivity contribution in [3.05, 3.63) is 64.0 Å². The average Bonchev–Trinajstić information content (AvgIpc) is 3.31. The summed E-state index contributed by atoms with van der Waals surface area (Å²) in [5.74, 6) is 2.19. The summed E-state index contributed by atoms with van der Waals surface area (Å²) in [6, 6.07) is 9.82. The Bertz CT molecular complexity index is 1460. The van der Waals surface area contributed by atoms with Crippen LogP contribution in [-0.4, -0.2) is 73.0 Å². The van der Waals surface area contributed by atoms with Gasteiger partial charge in [0.15, 0.2) is 0 Å². The largest absolute Gasteiger partial charge is 0.497 e. The lowest BCUT2D eigenvalue weighted by Gasteiger charge is -2.26. The molecule has 1 aliphatic heterocycles. The molecule has 0 saturated heterocycles. The van der Waals surface area contributed by atoms with E-state index in [1.54, 1.807) is 13.3 Å². The van der Waals surface area contributed by atoms with Crippen LogP contribution in [0.2, 0.25) is 0 Å². The highest BCUT2D eigenvalue weighted by Gasteiger charge is 2.25. The van der Waals surface area contributed by atoms with Gasteiger partial charge in [-0.15, -0.1) is 0 Å². The summed E-state index contributed by atoms with van der Waals surface area (Å²) in [5, 5.41) is 7.72. The Morgan fingerprint density at radius 1 is 1.17 bits per heavy atom. The molecule has 0 aliphatic carbocycles. The fraction of sp³-hybridized carbons (Fsp3) is 0.370. The molecule has 1 atom stereocenters. The van der Waals surface area contributed by atoms with Gasteiger partial charge in [-0.1, -0.05) is 0 Å². The van der Waals surface area contributed by atoms with Crippen molar-refractivity contribution in [3.63, 3.8) is 0 Å². The van der Waals surface area contributed by atoms with Crippen LogP contribution in [0.5, 0.6) is 11.5 Å². The highest BCUT2D eigenvalue weighted by atomic mass is 16.5. The Hall–Kier alpha value is -3.85. The molecule has 5 rings (SSSR count). The SMILES string of the molecule is COc1ccc2c(c1)CC(c1nc3c(N(C)CCN(C)C)cc(-c4cn[nH]c4C)cc3c(=O)[nH]1)CO2. The van der Waals surface area contributed by atoms with Gasteiger partial charge in [0.2, 0.25) is 0 Å². The molecular formula is C27H32N6O3. The lowest BCUT2D eigenvalue weighted by atomic mass is 9.95. The number of anilines is 1. The molecule has 0 bridgehead atoms. The van der Waals surface area contributed by atoms with Crippen molar-refractivity contribution in [1.82, 2.24) is 25.1 Å². The van der Waals surface area contributed by atoms with E-state index >= 15 is 0 Å². The molecule has 36 heavy (non-hydrogen) atoms. The third-order valence-corrected chi connectivity index (χ3v) is 6.80.